The maximum Gasteiger partial charge on any atom is 0.204 e. The van der Waals surface area contributed by atoms with E-state index in [0.29, 0.717) is 12.5 Å². The number of benzene rings is 2. The largest absolute Gasteiger partial charge is 0.279 e. The minimum absolute atomic E-state index is 0.282. The Bertz CT molecular complexity index is 749. The molecule has 2 aromatic carbocycles. The standard InChI is InChI=1S/C18H21N5/c1-14-9-11-17(12-10-14)18-19-21-23(20-18)13-22(3)15(2)16-7-5-4-6-8-16/h4-12,15H,13H2,1-3H3/t15-/m0/s1. The summed E-state index contributed by atoms with van der Waals surface area (Å²) < 4.78 is 0. The Hall–Kier alpha value is -2.53. The van der Waals surface area contributed by atoms with Gasteiger partial charge in [0.05, 0.1) is 0 Å². The van der Waals surface area contributed by atoms with Crippen LogP contribution in [0.1, 0.15) is 24.1 Å². The fourth-order valence-corrected chi connectivity index (χ4v) is 2.43. The molecule has 118 valence electrons. The zero-order chi connectivity index (χ0) is 16.2. The average Bonchev–Trinajstić information content (AvgIpc) is 3.04. The van der Waals surface area contributed by atoms with Gasteiger partial charge in [-0.25, -0.2) is 0 Å². The molecule has 0 aliphatic carbocycles. The van der Waals surface area contributed by atoms with Crippen LogP contribution < -0.4 is 0 Å². The van der Waals surface area contributed by atoms with Crippen LogP contribution >= 0.6 is 0 Å². The van der Waals surface area contributed by atoms with E-state index >= 15 is 0 Å². The van der Waals surface area contributed by atoms with Crippen LogP contribution in [0.15, 0.2) is 54.6 Å². The zero-order valence-electron chi connectivity index (χ0n) is 13.7. The fourth-order valence-electron chi connectivity index (χ4n) is 2.43. The highest BCUT2D eigenvalue weighted by molar-refractivity contribution is 5.53. The van der Waals surface area contributed by atoms with Crippen molar-refractivity contribution in [1.29, 1.82) is 0 Å². The van der Waals surface area contributed by atoms with Crippen molar-refractivity contribution in [2.45, 2.75) is 26.6 Å². The molecule has 0 radical (unpaired) electrons. The molecule has 0 unspecified atom stereocenters. The van der Waals surface area contributed by atoms with Gasteiger partial charge >= 0.3 is 0 Å². The molecule has 0 aliphatic rings. The first-order valence-electron chi connectivity index (χ1n) is 7.73. The molecule has 0 aliphatic heterocycles. The van der Waals surface area contributed by atoms with Gasteiger partial charge in [-0.15, -0.1) is 15.0 Å². The third-order valence-corrected chi connectivity index (χ3v) is 4.06. The van der Waals surface area contributed by atoms with Gasteiger partial charge in [0.1, 0.15) is 6.67 Å². The number of hydrogen-bond acceptors (Lipinski definition) is 4. The van der Waals surface area contributed by atoms with Crippen molar-refractivity contribution >= 4 is 0 Å². The molecule has 0 spiro atoms. The molecular formula is C18H21N5. The number of hydrogen-bond donors (Lipinski definition) is 0. The third-order valence-electron chi connectivity index (χ3n) is 4.06. The highest BCUT2D eigenvalue weighted by Crippen LogP contribution is 2.19. The van der Waals surface area contributed by atoms with Gasteiger partial charge in [-0.3, -0.25) is 4.90 Å². The van der Waals surface area contributed by atoms with Crippen LogP contribution in [0.4, 0.5) is 0 Å². The van der Waals surface area contributed by atoms with Gasteiger partial charge in [-0.05, 0) is 31.7 Å². The van der Waals surface area contributed by atoms with Gasteiger partial charge in [0.25, 0.3) is 0 Å². The molecule has 3 aromatic rings. The van der Waals surface area contributed by atoms with Crippen LogP contribution in [-0.2, 0) is 6.67 Å². The van der Waals surface area contributed by atoms with Gasteiger partial charge in [-0.1, -0.05) is 60.2 Å². The van der Waals surface area contributed by atoms with E-state index in [0.717, 1.165) is 5.56 Å². The zero-order valence-corrected chi connectivity index (χ0v) is 13.7. The molecule has 3 rings (SSSR count). The van der Waals surface area contributed by atoms with E-state index in [1.807, 2.05) is 18.2 Å². The quantitative estimate of drug-likeness (QED) is 0.725. The Balaban J connectivity index is 1.70. The predicted octanol–water partition coefficient (Wildman–Crippen LogP) is 3.30. The first kappa shape index (κ1) is 15.4. The van der Waals surface area contributed by atoms with E-state index in [2.05, 4.69) is 77.6 Å². The van der Waals surface area contributed by atoms with Crippen molar-refractivity contribution in [2.24, 2.45) is 0 Å². The maximum atomic E-state index is 4.48. The second-order valence-electron chi connectivity index (χ2n) is 5.84. The Morgan fingerprint density at radius 1 is 1.04 bits per heavy atom. The SMILES string of the molecule is Cc1ccc(-c2nnn(CN(C)[C@@H](C)c3ccccc3)n2)cc1. The summed E-state index contributed by atoms with van der Waals surface area (Å²) in [5.41, 5.74) is 3.48. The highest BCUT2D eigenvalue weighted by atomic mass is 15.6. The summed E-state index contributed by atoms with van der Waals surface area (Å²) in [6, 6.07) is 18.8. The summed E-state index contributed by atoms with van der Waals surface area (Å²) in [5.74, 6) is 0.658. The van der Waals surface area contributed by atoms with E-state index in [1.165, 1.54) is 11.1 Å². The minimum Gasteiger partial charge on any atom is -0.279 e. The lowest BCUT2D eigenvalue weighted by Gasteiger charge is -2.23. The lowest BCUT2D eigenvalue weighted by molar-refractivity contribution is 0.182. The molecule has 0 amide bonds. The summed E-state index contributed by atoms with van der Waals surface area (Å²) in [6.45, 7) is 4.83. The fraction of sp³-hybridized carbons (Fsp3) is 0.278. The lowest BCUT2D eigenvalue weighted by atomic mass is 10.1. The number of rotatable bonds is 5. The van der Waals surface area contributed by atoms with Crippen molar-refractivity contribution < 1.29 is 0 Å². The second kappa shape index (κ2) is 6.71. The van der Waals surface area contributed by atoms with E-state index in [4.69, 9.17) is 0 Å². The van der Waals surface area contributed by atoms with Gasteiger partial charge in [-0.2, -0.15) is 0 Å². The number of aromatic nitrogens is 4. The molecule has 23 heavy (non-hydrogen) atoms. The number of nitrogens with zero attached hydrogens (tertiary/aromatic N) is 5. The molecule has 0 saturated heterocycles. The molecule has 0 bridgehead atoms. The number of aryl methyl sites for hydroxylation is 1. The molecule has 5 heteroatoms. The monoisotopic (exact) mass is 307 g/mol. The summed E-state index contributed by atoms with van der Waals surface area (Å²) in [4.78, 5) is 3.82. The second-order valence-corrected chi connectivity index (χ2v) is 5.84. The van der Waals surface area contributed by atoms with Crippen molar-refractivity contribution in [1.82, 2.24) is 25.1 Å². The molecule has 1 atom stereocenters. The van der Waals surface area contributed by atoms with Gasteiger partial charge in [0, 0.05) is 11.6 Å². The first-order chi connectivity index (χ1) is 11.1. The maximum absolute atomic E-state index is 4.48. The van der Waals surface area contributed by atoms with E-state index in [-0.39, 0.29) is 6.04 Å². The first-order valence-corrected chi connectivity index (χ1v) is 7.73. The highest BCUT2D eigenvalue weighted by Gasteiger charge is 2.13. The van der Waals surface area contributed by atoms with E-state index in [9.17, 15) is 0 Å². The predicted molar refractivity (Wildman–Crippen MR) is 90.6 cm³/mol. The Morgan fingerprint density at radius 2 is 1.74 bits per heavy atom. The minimum atomic E-state index is 0.282. The van der Waals surface area contributed by atoms with E-state index in [1.54, 1.807) is 4.80 Å². The molecule has 0 saturated carbocycles. The van der Waals surface area contributed by atoms with Crippen molar-refractivity contribution in [3.63, 3.8) is 0 Å². The van der Waals surface area contributed by atoms with Gasteiger partial charge < -0.3 is 0 Å². The van der Waals surface area contributed by atoms with Crippen LogP contribution in [0.3, 0.4) is 0 Å². The smallest absolute Gasteiger partial charge is 0.204 e. The molecule has 0 fully saturated rings. The topological polar surface area (TPSA) is 46.8 Å². The van der Waals surface area contributed by atoms with Crippen LogP contribution in [-0.4, -0.2) is 32.2 Å². The Kier molecular flexibility index (Phi) is 4.48. The van der Waals surface area contributed by atoms with Crippen molar-refractivity contribution in [3.05, 3.63) is 65.7 Å². The Labute approximate surface area is 136 Å². The average molecular weight is 307 g/mol. The van der Waals surface area contributed by atoms with E-state index < -0.39 is 0 Å². The molecule has 5 nitrogen and oxygen atoms in total. The van der Waals surface area contributed by atoms with Gasteiger partial charge in [0.15, 0.2) is 0 Å². The lowest BCUT2D eigenvalue weighted by Crippen LogP contribution is -2.26. The summed E-state index contributed by atoms with van der Waals surface area (Å²) in [5, 5.41) is 12.8. The molecule has 1 heterocycles. The summed E-state index contributed by atoms with van der Waals surface area (Å²) in [7, 11) is 2.06. The normalized spacial score (nSPS) is 12.5. The molecule has 1 aromatic heterocycles. The van der Waals surface area contributed by atoms with Crippen LogP contribution in [0, 0.1) is 6.92 Å². The molecular weight excluding hydrogens is 286 g/mol. The summed E-state index contributed by atoms with van der Waals surface area (Å²) >= 11 is 0. The van der Waals surface area contributed by atoms with Crippen LogP contribution in [0.2, 0.25) is 0 Å². The number of tetrazole rings is 1. The van der Waals surface area contributed by atoms with Gasteiger partial charge in [0.2, 0.25) is 5.82 Å². The molecule has 0 N–H and O–H groups in total. The Morgan fingerprint density at radius 3 is 2.43 bits per heavy atom. The van der Waals surface area contributed by atoms with Crippen LogP contribution in [0.5, 0.6) is 0 Å². The third kappa shape index (κ3) is 3.63. The van der Waals surface area contributed by atoms with Crippen molar-refractivity contribution in [3.8, 4) is 11.4 Å². The van der Waals surface area contributed by atoms with Crippen LogP contribution in [0.25, 0.3) is 11.4 Å². The van der Waals surface area contributed by atoms with Crippen molar-refractivity contribution in [2.75, 3.05) is 7.05 Å². The summed E-state index contributed by atoms with van der Waals surface area (Å²) in [6.07, 6.45) is 0.